The number of rotatable bonds is 12. The lowest BCUT2D eigenvalue weighted by molar-refractivity contribution is -0.140. The molecule has 1 unspecified atom stereocenters. The van der Waals surface area contributed by atoms with Crippen molar-refractivity contribution < 1.29 is 32.2 Å². The van der Waals surface area contributed by atoms with E-state index in [1.54, 1.807) is 61.5 Å². The summed E-state index contributed by atoms with van der Waals surface area (Å²) in [6.45, 7) is 6.56. The number of hydrogen-bond donors (Lipinski definition) is 1. The maximum absolute atomic E-state index is 14.2. The van der Waals surface area contributed by atoms with Crippen LogP contribution >= 0.6 is 0 Å². The molecule has 0 saturated carbocycles. The maximum Gasteiger partial charge on any atom is 0.264 e. The molecule has 0 aliphatic heterocycles. The zero-order chi connectivity index (χ0) is 31.1. The molecule has 1 atom stereocenters. The van der Waals surface area contributed by atoms with Crippen LogP contribution in [0.1, 0.15) is 33.3 Å². The quantitative estimate of drug-likeness (QED) is 0.332. The van der Waals surface area contributed by atoms with Crippen LogP contribution in [0.15, 0.2) is 77.7 Å². The molecule has 0 spiro atoms. The minimum absolute atomic E-state index is 0.0134. The Morgan fingerprint density at radius 3 is 2.10 bits per heavy atom. The second kappa shape index (κ2) is 13.6. The number of anilines is 1. The summed E-state index contributed by atoms with van der Waals surface area (Å²) in [5, 5.41) is 2.91. The molecule has 0 aliphatic rings. The van der Waals surface area contributed by atoms with E-state index in [-0.39, 0.29) is 28.8 Å². The predicted molar refractivity (Wildman–Crippen MR) is 161 cm³/mol. The number of ether oxygens (including phenoxy) is 3. The van der Waals surface area contributed by atoms with Gasteiger partial charge < -0.3 is 24.4 Å². The predicted octanol–water partition coefficient (Wildman–Crippen LogP) is 4.24. The number of amides is 2. The highest BCUT2D eigenvalue weighted by Gasteiger charge is 2.34. The van der Waals surface area contributed by atoms with Crippen molar-refractivity contribution in [3.8, 4) is 17.2 Å². The summed E-state index contributed by atoms with van der Waals surface area (Å²) in [5.74, 6) is 0.202. The highest BCUT2D eigenvalue weighted by molar-refractivity contribution is 7.92. The Morgan fingerprint density at radius 2 is 1.50 bits per heavy atom. The van der Waals surface area contributed by atoms with Gasteiger partial charge >= 0.3 is 0 Å². The van der Waals surface area contributed by atoms with Crippen LogP contribution < -0.4 is 23.8 Å². The van der Waals surface area contributed by atoms with Crippen LogP contribution in [-0.2, 0) is 26.2 Å². The Hall–Kier alpha value is -4.25. The molecule has 0 saturated heterocycles. The lowest BCUT2D eigenvalue weighted by atomic mass is 10.1. The Bertz CT molecular complexity index is 1490. The van der Waals surface area contributed by atoms with Gasteiger partial charge in [0, 0.05) is 18.2 Å². The number of hydrogen-bond acceptors (Lipinski definition) is 7. The van der Waals surface area contributed by atoms with E-state index in [0.29, 0.717) is 17.1 Å². The molecule has 0 aromatic heterocycles. The lowest BCUT2D eigenvalue weighted by Gasteiger charge is -2.33. The number of benzene rings is 3. The van der Waals surface area contributed by atoms with Gasteiger partial charge in [-0.1, -0.05) is 30.3 Å². The van der Waals surface area contributed by atoms with Crippen LogP contribution in [0, 0.1) is 0 Å². The van der Waals surface area contributed by atoms with Gasteiger partial charge in [-0.3, -0.25) is 13.9 Å². The minimum atomic E-state index is -4.27. The lowest BCUT2D eigenvalue weighted by Crippen LogP contribution is -2.54. The number of nitrogens with one attached hydrogen (secondary N) is 1. The fourth-order valence-corrected chi connectivity index (χ4v) is 5.69. The Morgan fingerprint density at radius 1 is 0.857 bits per heavy atom. The van der Waals surface area contributed by atoms with E-state index in [9.17, 15) is 18.0 Å². The second-order valence-electron chi connectivity index (χ2n) is 10.7. The largest absolute Gasteiger partial charge is 0.497 e. The molecule has 3 aromatic carbocycles. The average Bonchev–Trinajstić information content (AvgIpc) is 2.97. The molecule has 0 heterocycles. The third-order valence-corrected chi connectivity index (χ3v) is 8.19. The normalized spacial score (nSPS) is 12.2. The van der Waals surface area contributed by atoms with E-state index in [0.717, 1.165) is 4.31 Å². The number of carbonyl (C=O) groups excluding carboxylic acids is 2. The summed E-state index contributed by atoms with van der Waals surface area (Å²) < 4.78 is 45.3. The van der Waals surface area contributed by atoms with Gasteiger partial charge in [-0.2, -0.15) is 0 Å². The van der Waals surface area contributed by atoms with Gasteiger partial charge in [0.05, 0.1) is 31.9 Å². The smallest absolute Gasteiger partial charge is 0.264 e. The number of methoxy groups -OCH3 is 3. The number of sulfonamides is 1. The van der Waals surface area contributed by atoms with Crippen LogP contribution in [-0.4, -0.2) is 64.6 Å². The zero-order valence-electron chi connectivity index (χ0n) is 25.1. The molecule has 2 amide bonds. The molecular formula is C31H39N3O7S. The van der Waals surface area contributed by atoms with Gasteiger partial charge in [0.1, 0.15) is 29.8 Å². The molecule has 42 heavy (non-hydrogen) atoms. The summed E-state index contributed by atoms with van der Waals surface area (Å²) in [6.07, 6.45) is 0. The standard InChI is InChI=1S/C31H39N3O7S/c1-22(30(36)32-31(2,3)4)33(20-23-12-11-13-24(18-23)39-5)29(35)21-34(42(37,38)26-14-9-8-10-15-26)27-19-25(40-6)16-17-28(27)41-7/h8-19,22H,20-21H2,1-7H3,(H,32,36). The van der Waals surface area contributed by atoms with E-state index in [4.69, 9.17) is 14.2 Å². The average molecular weight is 598 g/mol. The highest BCUT2D eigenvalue weighted by atomic mass is 32.2. The monoisotopic (exact) mass is 597 g/mol. The fraction of sp³-hybridized carbons (Fsp3) is 0.355. The summed E-state index contributed by atoms with van der Waals surface area (Å²) in [4.78, 5) is 28.8. The summed E-state index contributed by atoms with van der Waals surface area (Å²) in [5.41, 5.74) is 0.267. The zero-order valence-corrected chi connectivity index (χ0v) is 25.9. The third-order valence-electron chi connectivity index (χ3n) is 6.42. The molecule has 10 nitrogen and oxygen atoms in total. The van der Waals surface area contributed by atoms with Crippen LogP contribution in [0.2, 0.25) is 0 Å². The maximum atomic E-state index is 14.2. The van der Waals surface area contributed by atoms with Crippen LogP contribution in [0.3, 0.4) is 0 Å². The van der Waals surface area contributed by atoms with E-state index < -0.39 is 34.1 Å². The van der Waals surface area contributed by atoms with Crippen LogP contribution in [0.25, 0.3) is 0 Å². The van der Waals surface area contributed by atoms with E-state index >= 15 is 0 Å². The van der Waals surface area contributed by atoms with Gasteiger partial charge in [0.25, 0.3) is 10.0 Å². The Labute approximate surface area is 248 Å². The van der Waals surface area contributed by atoms with Gasteiger partial charge in [-0.25, -0.2) is 8.42 Å². The molecule has 3 aromatic rings. The molecule has 0 fully saturated rings. The van der Waals surface area contributed by atoms with Crippen LogP contribution in [0.5, 0.6) is 17.2 Å². The van der Waals surface area contributed by atoms with Crippen molar-refractivity contribution in [1.29, 1.82) is 0 Å². The summed E-state index contributed by atoms with van der Waals surface area (Å²) in [7, 11) is 0.136. The molecule has 3 rings (SSSR count). The number of nitrogens with zero attached hydrogens (tertiary/aromatic N) is 2. The topological polar surface area (TPSA) is 114 Å². The summed E-state index contributed by atoms with van der Waals surface area (Å²) in [6, 6.07) is 18.7. The van der Waals surface area contributed by atoms with E-state index in [1.807, 2.05) is 20.8 Å². The molecule has 0 radical (unpaired) electrons. The first kappa shape index (κ1) is 32.3. The number of carbonyl (C=O) groups is 2. The first-order chi connectivity index (χ1) is 19.8. The SMILES string of the molecule is COc1cccc(CN(C(=O)CN(c2cc(OC)ccc2OC)S(=O)(=O)c2ccccc2)C(C)C(=O)NC(C)(C)C)c1. The van der Waals surface area contributed by atoms with Gasteiger partial charge in [-0.05, 0) is 69.7 Å². The first-order valence-electron chi connectivity index (χ1n) is 13.3. The van der Waals surface area contributed by atoms with Gasteiger partial charge in [-0.15, -0.1) is 0 Å². The molecule has 226 valence electrons. The van der Waals surface area contributed by atoms with Crippen molar-refractivity contribution in [3.63, 3.8) is 0 Å². The van der Waals surface area contributed by atoms with Crippen molar-refractivity contribution in [3.05, 3.63) is 78.4 Å². The van der Waals surface area contributed by atoms with Crippen molar-refractivity contribution in [2.75, 3.05) is 32.2 Å². The van der Waals surface area contributed by atoms with Gasteiger partial charge in [0.15, 0.2) is 0 Å². The molecule has 11 heteroatoms. The second-order valence-corrected chi connectivity index (χ2v) is 12.5. The van der Waals surface area contributed by atoms with Crippen molar-refractivity contribution in [2.24, 2.45) is 0 Å². The van der Waals surface area contributed by atoms with E-state index in [1.165, 1.54) is 44.4 Å². The van der Waals surface area contributed by atoms with E-state index in [2.05, 4.69) is 5.32 Å². The minimum Gasteiger partial charge on any atom is -0.497 e. The first-order valence-corrected chi connectivity index (χ1v) is 14.8. The molecule has 1 N–H and O–H groups in total. The van der Waals surface area contributed by atoms with Gasteiger partial charge in [0.2, 0.25) is 11.8 Å². The molecule has 0 bridgehead atoms. The summed E-state index contributed by atoms with van der Waals surface area (Å²) >= 11 is 0. The highest BCUT2D eigenvalue weighted by Crippen LogP contribution is 2.36. The Kier molecular flexibility index (Phi) is 10.5. The van der Waals surface area contributed by atoms with Crippen molar-refractivity contribution in [1.82, 2.24) is 10.2 Å². The third kappa shape index (κ3) is 7.94. The molecular weight excluding hydrogens is 558 g/mol. The van der Waals surface area contributed by atoms with Crippen LogP contribution in [0.4, 0.5) is 5.69 Å². The Balaban J connectivity index is 2.12. The fourth-order valence-electron chi connectivity index (χ4n) is 4.25. The van der Waals surface area contributed by atoms with Crippen molar-refractivity contribution in [2.45, 2.75) is 50.7 Å². The molecule has 0 aliphatic carbocycles. The van der Waals surface area contributed by atoms with Crippen molar-refractivity contribution >= 4 is 27.5 Å².